The number of aromatic nitrogens is 3. The van der Waals surface area contributed by atoms with E-state index in [-0.39, 0.29) is 5.91 Å². The lowest BCUT2D eigenvalue weighted by atomic mass is 9.88. The van der Waals surface area contributed by atoms with Crippen molar-refractivity contribution in [3.05, 3.63) is 108 Å². The Morgan fingerprint density at radius 2 is 1.73 bits per heavy atom. The Morgan fingerprint density at radius 1 is 0.919 bits per heavy atom. The number of hydrogen-bond donors (Lipinski definition) is 1. The summed E-state index contributed by atoms with van der Waals surface area (Å²) in [6.07, 6.45) is 8.99. The van der Waals surface area contributed by atoms with E-state index in [0.29, 0.717) is 17.8 Å². The van der Waals surface area contributed by atoms with Crippen molar-refractivity contribution >= 4 is 22.9 Å². The quantitative estimate of drug-likeness (QED) is 0.330. The van der Waals surface area contributed by atoms with E-state index in [4.69, 9.17) is 9.84 Å². The Balaban J connectivity index is 1.53. The molecule has 184 valence electrons. The van der Waals surface area contributed by atoms with E-state index in [1.165, 1.54) is 12.0 Å². The van der Waals surface area contributed by atoms with Crippen molar-refractivity contribution in [3.63, 3.8) is 0 Å². The van der Waals surface area contributed by atoms with Crippen molar-refractivity contribution in [2.24, 2.45) is 0 Å². The molecule has 0 bridgehead atoms. The summed E-state index contributed by atoms with van der Waals surface area (Å²) in [4.78, 5) is 18.6. The van der Waals surface area contributed by atoms with Crippen molar-refractivity contribution in [1.82, 2.24) is 14.8 Å². The summed E-state index contributed by atoms with van der Waals surface area (Å²) in [7, 11) is 1.64. The van der Waals surface area contributed by atoms with Crippen LogP contribution in [0.5, 0.6) is 5.75 Å². The highest BCUT2D eigenvalue weighted by Crippen LogP contribution is 2.40. The number of carbonyl (C=O) groups excluding carboxylic acids is 1. The number of allylic oxidation sites excluding steroid dienone is 4. The summed E-state index contributed by atoms with van der Waals surface area (Å²) < 4.78 is 6.97. The monoisotopic (exact) mass is 488 g/mol. The van der Waals surface area contributed by atoms with Crippen LogP contribution in [0, 0.1) is 0 Å². The van der Waals surface area contributed by atoms with Gasteiger partial charge in [-0.1, -0.05) is 54.6 Å². The molecule has 37 heavy (non-hydrogen) atoms. The number of carbonyl (C=O) groups is 1. The van der Waals surface area contributed by atoms with Crippen molar-refractivity contribution in [2.75, 3.05) is 12.4 Å². The molecule has 1 N–H and O–H groups in total. The van der Waals surface area contributed by atoms with Gasteiger partial charge >= 0.3 is 0 Å². The lowest BCUT2D eigenvalue weighted by Gasteiger charge is -2.24. The van der Waals surface area contributed by atoms with Crippen LogP contribution in [0.4, 0.5) is 5.82 Å². The molecule has 1 aliphatic carbocycles. The minimum Gasteiger partial charge on any atom is -0.497 e. The SMILES string of the molecule is COc1ccc(C2=C(Nc3ccccn3)Cc3c(C4=CCCCC4)c(-c4ccccc4)nn3C2=O)cc1. The van der Waals surface area contributed by atoms with Crippen LogP contribution in [0.25, 0.3) is 22.4 Å². The van der Waals surface area contributed by atoms with Gasteiger partial charge in [0.1, 0.15) is 17.3 Å². The summed E-state index contributed by atoms with van der Waals surface area (Å²) in [6.45, 7) is 0. The molecule has 6 heteroatoms. The molecule has 6 rings (SSSR count). The number of benzene rings is 2. The van der Waals surface area contributed by atoms with Gasteiger partial charge in [-0.15, -0.1) is 0 Å². The van der Waals surface area contributed by atoms with E-state index in [0.717, 1.165) is 58.8 Å². The van der Waals surface area contributed by atoms with Crippen LogP contribution in [0.2, 0.25) is 0 Å². The normalized spacial score (nSPS) is 15.3. The van der Waals surface area contributed by atoms with E-state index >= 15 is 0 Å². The molecule has 2 aromatic carbocycles. The Bertz CT molecular complexity index is 1500. The van der Waals surface area contributed by atoms with Crippen molar-refractivity contribution in [3.8, 4) is 17.0 Å². The predicted molar refractivity (Wildman–Crippen MR) is 146 cm³/mol. The number of rotatable bonds is 6. The summed E-state index contributed by atoms with van der Waals surface area (Å²) in [5, 5.41) is 8.42. The lowest BCUT2D eigenvalue weighted by Crippen LogP contribution is -2.27. The second-order valence-corrected chi connectivity index (χ2v) is 9.33. The number of ether oxygens (including phenoxy) is 1. The average Bonchev–Trinajstić information content (AvgIpc) is 3.35. The van der Waals surface area contributed by atoms with Gasteiger partial charge in [0.05, 0.1) is 18.4 Å². The zero-order valence-corrected chi connectivity index (χ0v) is 20.8. The highest BCUT2D eigenvalue weighted by Gasteiger charge is 2.33. The zero-order chi connectivity index (χ0) is 25.2. The molecular weight excluding hydrogens is 460 g/mol. The Kier molecular flexibility index (Phi) is 6.15. The number of hydrogen-bond acceptors (Lipinski definition) is 5. The van der Waals surface area contributed by atoms with Gasteiger partial charge in [0.2, 0.25) is 0 Å². The zero-order valence-electron chi connectivity index (χ0n) is 20.8. The molecule has 0 spiro atoms. The molecule has 0 saturated heterocycles. The molecule has 0 saturated carbocycles. The van der Waals surface area contributed by atoms with Crippen LogP contribution in [0.3, 0.4) is 0 Å². The molecular formula is C31H28N4O2. The van der Waals surface area contributed by atoms with Crippen LogP contribution in [0.1, 0.15) is 47.3 Å². The van der Waals surface area contributed by atoms with Crippen LogP contribution < -0.4 is 10.1 Å². The summed E-state index contributed by atoms with van der Waals surface area (Å²) in [5.41, 5.74) is 7.40. The van der Waals surface area contributed by atoms with E-state index in [1.807, 2.05) is 60.7 Å². The van der Waals surface area contributed by atoms with Gasteiger partial charge in [-0.3, -0.25) is 4.79 Å². The van der Waals surface area contributed by atoms with E-state index in [9.17, 15) is 4.79 Å². The van der Waals surface area contributed by atoms with E-state index in [2.05, 4.69) is 28.5 Å². The molecule has 4 aromatic rings. The largest absolute Gasteiger partial charge is 0.497 e. The molecule has 0 fully saturated rings. The van der Waals surface area contributed by atoms with Gasteiger partial charge in [0.15, 0.2) is 0 Å². The van der Waals surface area contributed by atoms with E-state index < -0.39 is 0 Å². The molecule has 6 nitrogen and oxygen atoms in total. The maximum atomic E-state index is 14.2. The van der Waals surface area contributed by atoms with Gasteiger partial charge in [-0.25, -0.2) is 4.98 Å². The highest BCUT2D eigenvalue weighted by atomic mass is 16.5. The number of anilines is 1. The molecule has 2 aromatic heterocycles. The fourth-order valence-corrected chi connectivity index (χ4v) is 5.23. The maximum Gasteiger partial charge on any atom is 0.280 e. The average molecular weight is 489 g/mol. The number of fused-ring (bicyclic) bond motifs is 1. The number of nitrogens with zero attached hydrogens (tertiary/aromatic N) is 3. The summed E-state index contributed by atoms with van der Waals surface area (Å²) >= 11 is 0. The van der Waals surface area contributed by atoms with E-state index in [1.54, 1.807) is 18.0 Å². The first kappa shape index (κ1) is 23.0. The predicted octanol–water partition coefficient (Wildman–Crippen LogP) is 6.63. The minimum atomic E-state index is -0.148. The lowest BCUT2D eigenvalue weighted by molar-refractivity contribution is 0.0958. The van der Waals surface area contributed by atoms with Gasteiger partial charge < -0.3 is 10.1 Å². The molecule has 0 atom stereocenters. The van der Waals surface area contributed by atoms with Crippen molar-refractivity contribution in [2.45, 2.75) is 32.1 Å². The topological polar surface area (TPSA) is 69.0 Å². The Hall–Kier alpha value is -4.45. The van der Waals surface area contributed by atoms with Crippen LogP contribution in [-0.4, -0.2) is 27.8 Å². The second kappa shape index (κ2) is 9.90. The van der Waals surface area contributed by atoms with Gasteiger partial charge in [-0.05, 0) is 61.1 Å². The van der Waals surface area contributed by atoms with Gasteiger partial charge in [0.25, 0.3) is 5.91 Å². The van der Waals surface area contributed by atoms with Crippen LogP contribution in [0.15, 0.2) is 90.8 Å². The second-order valence-electron chi connectivity index (χ2n) is 9.33. The summed E-state index contributed by atoms with van der Waals surface area (Å²) in [5.74, 6) is 1.29. The van der Waals surface area contributed by atoms with Crippen molar-refractivity contribution in [1.29, 1.82) is 0 Å². The third-order valence-electron chi connectivity index (χ3n) is 7.02. The Morgan fingerprint density at radius 3 is 2.43 bits per heavy atom. The number of methoxy groups -OCH3 is 1. The van der Waals surface area contributed by atoms with Crippen LogP contribution in [-0.2, 0) is 6.42 Å². The Labute approximate surface area is 216 Å². The molecule has 3 heterocycles. The molecule has 0 amide bonds. The third kappa shape index (κ3) is 4.35. The fourth-order valence-electron chi connectivity index (χ4n) is 5.23. The van der Waals surface area contributed by atoms with Gasteiger partial charge in [0, 0.05) is 29.4 Å². The molecule has 2 aliphatic rings. The first-order chi connectivity index (χ1) is 18.2. The van der Waals surface area contributed by atoms with Crippen LogP contribution >= 0.6 is 0 Å². The first-order valence-corrected chi connectivity index (χ1v) is 12.7. The first-order valence-electron chi connectivity index (χ1n) is 12.7. The minimum absolute atomic E-state index is 0.148. The number of pyridine rings is 1. The number of nitrogens with one attached hydrogen (secondary N) is 1. The summed E-state index contributed by atoms with van der Waals surface area (Å²) in [6, 6.07) is 23.5. The molecule has 0 unspecified atom stereocenters. The molecule has 1 aliphatic heterocycles. The highest BCUT2D eigenvalue weighted by molar-refractivity contribution is 6.23. The third-order valence-corrected chi connectivity index (χ3v) is 7.02. The van der Waals surface area contributed by atoms with Gasteiger partial charge in [-0.2, -0.15) is 9.78 Å². The maximum absolute atomic E-state index is 14.2. The fraction of sp³-hybridized carbons (Fsp3) is 0.194. The molecule has 0 radical (unpaired) electrons. The standard InChI is InChI=1S/C31H28N4O2/c1-37-24-17-15-22(16-18-24)28-25(33-27-14-8-9-19-32-27)20-26-29(21-10-4-2-5-11-21)30(34-35(26)31(28)36)23-12-6-3-7-13-23/h3,6-10,12-19H,2,4-5,11,20H2,1H3,(H,32,33). The smallest absolute Gasteiger partial charge is 0.280 e. The van der Waals surface area contributed by atoms with Crippen molar-refractivity contribution < 1.29 is 9.53 Å².